The van der Waals surface area contributed by atoms with E-state index in [1.54, 1.807) is 13.8 Å². The maximum Gasteiger partial charge on any atom is 0.387 e. The summed E-state index contributed by atoms with van der Waals surface area (Å²) in [4.78, 5) is 12.1. The van der Waals surface area contributed by atoms with Gasteiger partial charge in [0.25, 0.3) is 0 Å². The summed E-state index contributed by atoms with van der Waals surface area (Å²) >= 11 is 3.10. The standard InChI is InChI=1S/C12H11BrF2O3/c1-12(2)5-17-8-4-9(18-11(14)15)7(13)3-6(8)10(12)16/h3-4,11H,5H2,1-2H3. The Morgan fingerprint density at radius 1 is 1.44 bits per heavy atom. The van der Waals surface area contributed by atoms with Gasteiger partial charge in [0.15, 0.2) is 5.78 Å². The second-order valence-corrected chi connectivity index (χ2v) is 5.51. The van der Waals surface area contributed by atoms with Crippen LogP contribution in [0.15, 0.2) is 16.6 Å². The van der Waals surface area contributed by atoms with E-state index < -0.39 is 12.0 Å². The van der Waals surface area contributed by atoms with Crippen LogP contribution in [-0.2, 0) is 0 Å². The van der Waals surface area contributed by atoms with Crippen molar-refractivity contribution in [3.8, 4) is 11.5 Å². The number of Topliss-reactive ketones (excluding diaryl/α,β-unsaturated/α-hetero) is 1. The van der Waals surface area contributed by atoms with Crippen molar-refractivity contribution < 1.29 is 23.0 Å². The second kappa shape index (κ2) is 4.50. The van der Waals surface area contributed by atoms with Crippen LogP contribution in [0.1, 0.15) is 24.2 Å². The first-order valence-corrected chi connectivity index (χ1v) is 6.06. The maximum atomic E-state index is 12.2. The molecule has 0 atom stereocenters. The van der Waals surface area contributed by atoms with Crippen LogP contribution >= 0.6 is 15.9 Å². The van der Waals surface area contributed by atoms with Crippen molar-refractivity contribution >= 4 is 21.7 Å². The number of benzene rings is 1. The molecule has 2 rings (SSSR count). The molecule has 0 radical (unpaired) electrons. The quantitative estimate of drug-likeness (QED) is 0.834. The summed E-state index contributed by atoms with van der Waals surface area (Å²) in [5.41, 5.74) is -0.239. The maximum absolute atomic E-state index is 12.2. The van der Waals surface area contributed by atoms with Gasteiger partial charge >= 0.3 is 6.61 Å². The Labute approximate surface area is 111 Å². The topological polar surface area (TPSA) is 35.5 Å². The fourth-order valence-electron chi connectivity index (χ4n) is 1.71. The molecule has 1 aromatic rings. The Balaban J connectivity index is 2.44. The van der Waals surface area contributed by atoms with Crippen molar-refractivity contribution in [1.29, 1.82) is 0 Å². The zero-order valence-corrected chi connectivity index (χ0v) is 11.4. The van der Waals surface area contributed by atoms with Gasteiger partial charge in [-0.25, -0.2) is 0 Å². The molecule has 6 heteroatoms. The summed E-state index contributed by atoms with van der Waals surface area (Å²) in [6.45, 7) is 0.843. The molecular weight excluding hydrogens is 310 g/mol. The molecule has 0 saturated carbocycles. The number of ether oxygens (including phenoxy) is 2. The van der Waals surface area contributed by atoms with Crippen molar-refractivity contribution in [3.63, 3.8) is 0 Å². The fourth-order valence-corrected chi connectivity index (χ4v) is 2.14. The zero-order valence-electron chi connectivity index (χ0n) is 9.80. The van der Waals surface area contributed by atoms with Crippen LogP contribution < -0.4 is 9.47 Å². The molecule has 0 bridgehead atoms. The van der Waals surface area contributed by atoms with Gasteiger partial charge in [-0.3, -0.25) is 4.79 Å². The molecule has 0 N–H and O–H groups in total. The van der Waals surface area contributed by atoms with Crippen molar-refractivity contribution in [2.75, 3.05) is 6.61 Å². The third-order valence-electron chi connectivity index (χ3n) is 2.70. The third kappa shape index (κ3) is 2.34. The van der Waals surface area contributed by atoms with E-state index in [0.717, 1.165) is 0 Å². The molecule has 98 valence electrons. The lowest BCUT2D eigenvalue weighted by atomic mass is 9.83. The number of ketones is 1. The molecule has 1 aromatic carbocycles. The normalized spacial score (nSPS) is 17.3. The highest BCUT2D eigenvalue weighted by Gasteiger charge is 2.36. The number of carbonyl (C=O) groups excluding carboxylic acids is 1. The first-order chi connectivity index (χ1) is 8.31. The fraction of sp³-hybridized carbons (Fsp3) is 0.417. The van der Waals surface area contributed by atoms with Gasteiger partial charge in [-0.2, -0.15) is 8.78 Å². The summed E-state index contributed by atoms with van der Waals surface area (Å²) in [6.07, 6.45) is 0. The Bertz CT molecular complexity index is 500. The Morgan fingerprint density at radius 2 is 2.11 bits per heavy atom. The highest BCUT2D eigenvalue weighted by Crippen LogP contribution is 2.40. The number of carbonyl (C=O) groups is 1. The van der Waals surface area contributed by atoms with Crippen molar-refractivity contribution in [1.82, 2.24) is 0 Å². The number of fused-ring (bicyclic) bond motifs is 1. The Kier molecular flexibility index (Phi) is 3.31. The predicted octanol–water partition coefficient (Wildman–Crippen LogP) is 3.65. The largest absolute Gasteiger partial charge is 0.492 e. The minimum atomic E-state index is -2.92. The first kappa shape index (κ1) is 13.3. The van der Waals surface area contributed by atoms with E-state index >= 15 is 0 Å². The van der Waals surface area contributed by atoms with E-state index in [1.165, 1.54) is 12.1 Å². The predicted molar refractivity (Wildman–Crippen MR) is 64.4 cm³/mol. The SMILES string of the molecule is CC1(C)COc2cc(OC(F)F)c(Br)cc2C1=O. The molecule has 0 aromatic heterocycles. The number of rotatable bonds is 2. The van der Waals surface area contributed by atoms with Gasteiger partial charge in [0.2, 0.25) is 0 Å². The van der Waals surface area contributed by atoms with E-state index in [1.807, 2.05) is 0 Å². The van der Waals surface area contributed by atoms with Crippen molar-refractivity contribution in [2.24, 2.45) is 5.41 Å². The molecule has 1 aliphatic rings. The molecular formula is C12H11BrF2O3. The molecule has 0 aliphatic carbocycles. The molecule has 1 heterocycles. The average Bonchev–Trinajstić information content (AvgIpc) is 2.26. The van der Waals surface area contributed by atoms with Crippen LogP contribution in [0.25, 0.3) is 0 Å². The smallest absolute Gasteiger partial charge is 0.387 e. The van der Waals surface area contributed by atoms with Gasteiger partial charge in [-0.05, 0) is 35.8 Å². The third-order valence-corrected chi connectivity index (χ3v) is 3.32. The summed E-state index contributed by atoms with van der Waals surface area (Å²) in [5, 5.41) is 0. The summed E-state index contributed by atoms with van der Waals surface area (Å²) < 4.78 is 34.4. The molecule has 0 amide bonds. The van der Waals surface area contributed by atoms with Crippen molar-refractivity contribution in [3.05, 3.63) is 22.2 Å². The van der Waals surface area contributed by atoms with Crippen LogP contribution in [0, 0.1) is 5.41 Å². The van der Waals surface area contributed by atoms with Crippen LogP contribution in [0.2, 0.25) is 0 Å². The highest BCUT2D eigenvalue weighted by molar-refractivity contribution is 9.10. The van der Waals surface area contributed by atoms with Crippen LogP contribution in [0.3, 0.4) is 0 Å². The number of halogens is 3. The lowest BCUT2D eigenvalue weighted by molar-refractivity contribution is -0.0505. The summed E-state index contributed by atoms with van der Waals surface area (Å²) in [6, 6.07) is 2.76. The number of alkyl halides is 2. The molecule has 0 fully saturated rings. The molecule has 1 aliphatic heterocycles. The van der Waals surface area contributed by atoms with Gasteiger partial charge in [0.1, 0.15) is 18.1 Å². The van der Waals surface area contributed by atoms with E-state index in [-0.39, 0.29) is 23.9 Å². The van der Waals surface area contributed by atoms with E-state index in [2.05, 4.69) is 20.7 Å². The van der Waals surface area contributed by atoms with E-state index in [9.17, 15) is 13.6 Å². The summed E-state index contributed by atoms with van der Waals surface area (Å²) in [5.74, 6) is 0.155. The molecule has 0 unspecified atom stereocenters. The average molecular weight is 321 g/mol. The lowest BCUT2D eigenvalue weighted by Crippen LogP contribution is -2.35. The Morgan fingerprint density at radius 3 is 2.72 bits per heavy atom. The van der Waals surface area contributed by atoms with Gasteiger partial charge in [0.05, 0.1) is 15.5 Å². The van der Waals surface area contributed by atoms with Gasteiger partial charge in [0, 0.05) is 6.07 Å². The molecule has 0 spiro atoms. The van der Waals surface area contributed by atoms with Gasteiger partial charge < -0.3 is 9.47 Å². The monoisotopic (exact) mass is 320 g/mol. The summed E-state index contributed by atoms with van der Waals surface area (Å²) in [7, 11) is 0. The number of hydrogen-bond acceptors (Lipinski definition) is 3. The van der Waals surface area contributed by atoms with Crippen LogP contribution in [0.5, 0.6) is 11.5 Å². The molecule has 0 saturated heterocycles. The highest BCUT2D eigenvalue weighted by atomic mass is 79.9. The van der Waals surface area contributed by atoms with Crippen LogP contribution in [-0.4, -0.2) is 19.0 Å². The first-order valence-electron chi connectivity index (χ1n) is 5.27. The lowest BCUT2D eigenvalue weighted by Gasteiger charge is -2.30. The Hall–Kier alpha value is -1.17. The molecule has 3 nitrogen and oxygen atoms in total. The van der Waals surface area contributed by atoms with Gasteiger partial charge in [-0.15, -0.1) is 0 Å². The zero-order chi connectivity index (χ0) is 13.5. The second-order valence-electron chi connectivity index (χ2n) is 4.66. The van der Waals surface area contributed by atoms with E-state index in [4.69, 9.17) is 4.74 Å². The van der Waals surface area contributed by atoms with E-state index in [0.29, 0.717) is 10.0 Å². The van der Waals surface area contributed by atoms with Crippen molar-refractivity contribution in [2.45, 2.75) is 20.5 Å². The molecule has 18 heavy (non-hydrogen) atoms. The van der Waals surface area contributed by atoms with Gasteiger partial charge in [-0.1, -0.05) is 0 Å². The van der Waals surface area contributed by atoms with Crippen LogP contribution in [0.4, 0.5) is 8.78 Å². The minimum Gasteiger partial charge on any atom is -0.492 e. The number of hydrogen-bond donors (Lipinski definition) is 0. The minimum absolute atomic E-state index is 0.0451.